The van der Waals surface area contributed by atoms with E-state index in [9.17, 15) is 9.18 Å². The molecule has 0 unspecified atom stereocenters. The summed E-state index contributed by atoms with van der Waals surface area (Å²) >= 11 is 1.68. The van der Waals surface area contributed by atoms with E-state index in [2.05, 4.69) is 32.5 Å². The van der Waals surface area contributed by atoms with Crippen LogP contribution >= 0.6 is 11.3 Å². The predicted octanol–water partition coefficient (Wildman–Crippen LogP) is 3.68. The van der Waals surface area contributed by atoms with Crippen LogP contribution in [0.3, 0.4) is 0 Å². The number of carbonyl (C=O) groups is 1. The molecule has 134 valence electrons. The van der Waals surface area contributed by atoms with Crippen LogP contribution in [0.1, 0.15) is 23.2 Å². The van der Waals surface area contributed by atoms with Crippen molar-refractivity contribution >= 4 is 23.1 Å². The van der Waals surface area contributed by atoms with E-state index in [0.29, 0.717) is 5.56 Å². The highest BCUT2D eigenvalue weighted by Gasteiger charge is 2.23. The van der Waals surface area contributed by atoms with E-state index in [0.717, 1.165) is 37.4 Å². The molecule has 3 aromatic rings. The van der Waals surface area contributed by atoms with E-state index in [-0.39, 0.29) is 11.9 Å². The number of rotatable bonds is 4. The summed E-state index contributed by atoms with van der Waals surface area (Å²) in [6, 6.07) is 12.0. The molecule has 5 nitrogen and oxygen atoms in total. The van der Waals surface area contributed by atoms with Gasteiger partial charge < -0.3 is 10.2 Å². The minimum atomic E-state index is -0.396. The highest BCUT2D eigenvalue weighted by Crippen LogP contribution is 2.27. The molecule has 7 heteroatoms. The number of hydrogen-bond donors (Lipinski definition) is 2. The molecule has 3 heterocycles. The topological polar surface area (TPSA) is 61.0 Å². The predicted molar refractivity (Wildman–Crippen MR) is 101 cm³/mol. The molecule has 1 aliphatic heterocycles. The smallest absolute Gasteiger partial charge is 0.251 e. The van der Waals surface area contributed by atoms with Crippen LogP contribution < -0.4 is 10.2 Å². The highest BCUT2D eigenvalue weighted by atomic mass is 32.1. The van der Waals surface area contributed by atoms with E-state index in [1.54, 1.807) is 23.5 Å². The minimum absolute atomic E-state index is 0.0951. The summed E-state index contributed by atoms with van der Waals surface area (Å²) < 4.78 is 13.3. The molecule has 0 spiro atoms. The number of H-pyrrole nitrogens is 1. The number of piperidine rings is 1. The fourth-order valence-corrected chi connectivity index (χ4v) is 3.87. The lowest BCUT2D eigenvalue weighted by atomic mass is 10.0. The molecule has 2 aromatic heterocycles. The summed E-state index contributed by atoms with van der Waals surface area (Å²) in [4.78, 5) is 15.6. The maximum Gasteiger partial charge on any atom is 0.251 e. The summed E-state index contributed by atoms with van der Waals surface area (Å²) in [5.74, 6) is 0.318. The molecule has 1 saturated heterocycles. The van der Waals surface area contributed by atoms with Gasteiger partial charge in [0.2, 0.25) is 0 Å². The maximum atomic E-state index is 13.3. The first-order valence-corrected chi connectivity index (χ1v) is 9.48. The number of nitrogens with zero attached hydrogens (tertiary/aromatic N) is 2. The van der Waals surface area contributed by atoms with Crippen LogP contribution in [0.5, 0.6) is 0 Å². The van der Waals surface area contributed by atoms with Crippen LogP contribution in [0, 0.1) is 5.82 Å². The number of aromatic amines is 1. The Morgan fingerprint density at radius 1 is 1.23 bits per heavy atom. The third kappa shape index (κ3) is 3.62. The van der Waals surface area contributed by atoms with Crippen LogP contribution in [0.4, 0.5) is 10.2 Å². The van der Waals surface area contributed by atoms with E-state index in [4.69, 9.17) is 0 Å². The van der Waals surface area contributed by atoms with Crippen LogP contribution in [0.2, 0.25) is 0 Å². The average molecular weight is 370 g/mol. The zero-order valence-corrected chi connectivity index (χ0v) is 14.9. The van der Waals surface area contributed by atoms with Crippen LogP contribution in [0.25, 0.3) is 10.6 Å². The average Bonchev–Trinajstić information content (AvgIpc) is 3.34. The van der Waals surface area contributed by atoms with Crippen molar-refractivity contribution in [3.8, 4) is 10.6 Å². The molecule has 26 heavy (non-hydrogen) atoms. The van der Waals surface area contributed by atoms with Crippen LogP contribution in [0.15, 0.2) is 47.8 Å². The van der Waals surface area contributed by atoms with E-state index in [1.165, 1.54) is 17.0 Å². The summed E-state index contributed by atoms with van der Waals surface area (Å²) in [6.07, 6.45) is 1.67. The second-order valence-corrected chi connectivity index (χ2v) is 7.31. The second kappa shape index (κ2) is 7.29. The van der Waals surface area contributed by atoms with Crippen molar-refractivity contribution in [1.82, 2.24) is 15.5 Å². The lowest BCUT2D eigenvalue weighted by molar-refractivity contribution is 0.0930. The Morgan fingerprint density at radius 2 is 2.08 bits per heavy atom. The molecule has 1 fully saturated rings. The first-order chi connectivity index (χ1) is 12.7. The molecular weight excluding hydrogens is 351 g/mol. The Balaban J connectivity index is 1.33. The number of halogens is 1. The SMILES string of the molecule is O=C(NC1CCN(c2cc(-c3cccs3)[nH]n2)CC1)c1cccc(F)c1. The molecule has 1 aromatic carbocycles. The van der Waals surface area contributed by atoms with Crippen molar-refractivity contribution in [1.29, 1.82) is 0 Å². The first-order valence-electron chi connectivity index (χ1n) is 8.60. The lowest BCUT2D eigenvalue weighted by Crippen LogP contribution is -2.44. The minimum Gasteiger partial charge on any atom is -0.355 e. The van der Waals surface area contributed by atoms with Crippen molar-refractivity contribution in [2.75, 3.05) is 18.0 Å². The zero-order valence-electron chi connectivity index (χ0n) is 14.1. The van der Waals surface area contributed by atoms with Gasteiger partial charge in [-0.15, -0.1) is 11.3 Å². The summed E-state index contributed by atoms with van der Waals surface area (Å²) in [7, 11) is 0. The van der Waals surface area contributed by atoms with Gasteiger partial charge in [0.25, 0.3) is 5.91 Å². The van der Waals surface area contributed by atoms with Crippen molar-refractivity contribution in [3.05, 3.63) is 59.2 Å². The summed E-state index contributed by atoms with van der Waals surface area (Å²) in [6.45, 7) is 1.64. The molecule has 0 radical (unpaired) electrons. The van der Waals surface area contributed by atoms with E-state index < -0.39 is 5.82 Å². The number of anilines is 1. The molecule has 4 rings (SSSR count). The number of thiophene rings is 1. The van der Waals surface area contributed by atoms with Crippen molar-refractivity contribution in [3.63, 3.8) is 0 Å². The summed E-state index contributed by atoms with van der Waals surface area (Å²) in [5, 5.41) is 12.6. The van der Waals surface area contributed by atoms with E-state index >= 15 is 0 Å². The monoisotopic (exact) mass is 370 g/mol. The maximum absolute atomic E-state index is 13.3. The Hall–Kier alpha value is -2.67. The van der Waals surface area contributed by atoms with Gasteiger partial charge in [0.1, 0.15) is 5.82 Å². The van der Waals surface area contributed by atoms with Gasteiger partial charge in [0.15, 0.2) is 5.82 Å². The van der Waals surface area contributed by atoms with Crippen molar-refractivity contribution < 1.29 is 9.18 Å². The van der Waals surface area contributed by atoms with Crippen molar-refractivity contribution in [2.45, 2.75) is 18.9 Å². The molecule has 0 bridgehead atoms. The van der Waals surface area contributed by atoms with Gasteiger partial charge in [0, 0.05) is 30.8 Å². The Bertz CT molecular complexity index is 885. The zero-order chi connectivity index (χ0) is 17.9. The Kier molecular flexibility index (Phi) is 4.71. The lowest BCUT2D eigenvalue weighted by Gasteiger charge is -2.32. The fraction of sp³-hybridized carbons (Fsp3) is 0.263. The van der Waals surface area contributed by atoms with Crippen molar-refractivity contribution in [2.24, 2.45) is 0 Å². The first kappa shape index (κ1) is 16.8. The van der Waals surface area contributed by atoms with Gasteiger partial charge in [-0.2, -0.15) is 5.10 Å². The molecule has 1 amide bonds. The van der Waals surface area contributed by atoms with Gasteiger partial charge >= 0.3 is 0 Å². The van der Waals surface area contributed by atoms with Gasteiger partial charge in [-0.25, -0.2) is 4.39 Å². The van der Waals surface area contributed by atoms with Crippen LogP contribution in [-0.4, -0.2) is 35.2 Å². The molecule has 0 saturated carbocycles. The highest BCUT2D eigenvalue weighted by molar-refractivity contribution is 7.13. The molecule has 2 N–H and O–H groups in total. The standard InChI is InChI=1S/C19H19FN4OS/c20-14-4-1-3-13(11-14)19(25)21-15-6-8-24(9-7-15)18-12-16(22-23-18)17-5-2-10-26-17/h1-5,10-12,15H,6-9H2,(H,21,25)(H,22,23). The quantitative estimate of drug-likeness (QED) is 0.737. The number of carbonyl (C=O) groups excluding carboxylic acids is 1. The fourth-order valence-electron chi connectivity index (χ4n) is 3.18. The largest absolute Gasteiger partial charge is 0.355 e. The number of nitrogens with one attached hydrogen (secondary N) is 2. The summed E-state index contributed by atoms with van der Waals surface area (Å²) in [5.41, 5.74) is 1.39. The van der Waals surface area contributed by atoms with Gasteiger partial charge in [0.05, 0.1) is 10.6 Å². The number of amides is 1. The molecule has 1 aliphatic rings. The number of benzene rings is 1. The third-order valence-corrected chi connectivity index (χ3v) is 5.50. The number of hydrogen-bond acceptors (Lipinski definition) is 4. The number of aromatic nitrogens is 2. The normalized spacial score (nSPS) is 15.2. The van der Waals surface area contributed by atoms with Gasteiger partial charge in [-0.1, -0.05) is 12.1 Å². The van der Waals surface area contributed by atoms with Crippen LogP contribution in [-0.2, 0) is 0 Å². The molecule has 0 atom stereocenters. The Labute approximate surface area is 154 Å². The second-order valence-electron chi connectivity index (χ2n) is 6.36. The Morgan fingerprint density at radius 3 is 2.81 bits per heavy atom. The third-order valence-electron chi connectivity index (χ3n) is 4.59. The van der Waals surface area contributed by atoms with Gasteiger partial charge in [-0.3, -0.25) is 9.89 Å². The molecule has 0 aliphatic carbocycles. The molecular formula is C19H19FN4OS. The van der Waals surface area contributed by atoms with E-state index in [1.807, 2.05) is 11.4 Å². The van der Waals surface area contributed by atoms with Gasteiger partial charge in [-0.05, 0) is 42.5 Å².